The summed E-state index contributed by atoms with van der Waals surface area (Å²) >= 11 is 1.88. The molecule has 2 aromatic carbocycles. The van der Waals surface area contributed by atoms with Gasteiger partial charge in [-0.05, 0) is 80.1 Å². The van der Waals surface area contributed by atoms with Crippen molar-refractivity contribution in [2.75, 3.05) is 12.4 Å². The van der Waals surface area contributed by atoms with Gasteiger partial charge in [-0.1, -0.05) is 24.6 Å². The van der Waals surface area contributed by atoms with Crippen LogP contribution in [0.4, 0.5) is 0 Å². The summed E-state index contributed by atoms with van der Waals surface area (Å²) in [7, 11) is 0. The van der Waals surface area contributed by atoms with Gasteiger partial charge in [0.25, 0.3) is 0 Å². The predicted molar refractivity (Wildman–Crippen MR) is 126 cm³/mol. The molecule has 30 heavy (non-hydrogen) atoms. The van der Waals surface area contributed by atoms with Gasteiger partial charge in [-0.3, -0.25) is 0 Å². The quantitative estimate of drug-likeness (QED) is 0.365. The second kappa shape index (κ2) is 8.27. The highest BCUT2D eigenvalue weighted by atomic mass is 32.2. The van der Waals surface area contributed by atoms with Gasteiger partial charge in [-0.2, -0.15) is 0 Å². The van der Waals surface area contributed by atoms with Crippen LogP contribution >= 0.6 is 11.8 Å². The van der Waals surface area contributed by atoms with Gasteiger partial charge in [0.15, 0.2) is 0 Å². The van der Waals surface area contributed by atoms with Crippen LogP contribution in [-0.4, -0.2) is 22.3 Å². The van der Waals surface area contributed by atoms with Crippen LogP contribution in [0.1, 0.15) is 35.6 Å². The largest absolute Gasteiger partial charge is 0.477 e. The number of fused-ring (bicyclic) bond motifs is 4. The average molecular weight is 415 g/mol. The van der Waals surface area contributed by atoms with Crippen LogP contribution in [0, 0.1) is 6.92 Å². The predicted octanol–water partition coefficient (Wildman–Crippen LogP) is 6.31. The molecule has 152 valence electrons. The van der Waals surface area contributed by atoms with E-state index in [0.29, 0.717) is 0 Å². The van der Waals surface area contributed by atoms with Crippen molar-refractivity contribution in [1.82, 2.24) is 9.97 Å². The second-order valence-corrected chi connectivity index (χ2v) is 9.12. The van der Waals surface area contributed by atoms with Crippen molar-refractivity contribution < 1.29 is 4.74 Å². The van der Waals surface area contributed by atoms with E-state index in [4.69, 9.17) is 9.72 Å². The second-order valence-electron chi connectivity index (χ2n) is 8.03. The van der Waals surface area contributed by atoms with Crippen LogP contribution in [0.3, 0.4) is 0 Å². The van der Waals surface area contributed by atoms with E-state index in [1.807, 2.05) is 11.8 Å². The van der Waals surface area contributed by atoms with E-state index in [2.05, 4.69) is 67.4 Å². The van der Waals surface area contributed by atoms with Gasteiger partial charge in [0, 0.05) is 22.1 Å². The number of hydrogen-bond acceptors (Lipinski definition) is 4. The first-order valence-corrected chi connectivity index (χ1v) is 11.8. The molecule has 0 bridgehead atoms. The fourth-order valence-corrected chi connectivity index (χ4v) is 5.12. The lowest BCUT2D eigenvalue weighted by atomic mass is 10.1. The van der Waals surface area contributed by atoms with Crippen LogP contribution in [0.5, 0.6) is 5.88 Å². The first-order valence-electron chi connectivity index (χ1n) is 10.8. The van der Waals surface area contributed by atoms with Crippen LogP contribution in [-0.2, 0) is 19.3 Å². The number of pyridine rings is 2. The van der Waals surface area contributed by atoms with Gasteiger partial charge in [0.05, 0.1) is 22.7 Å². The Balaban J connectivity index is 0.000000128. The maximum atomic E-state index is 5.55. The van der Waals surface area contributed by atoms with Gasteiger partial charge in [0.1, 0.15) is 0 Å². The van der Waals surface area contributed by atoms with Crippen LogP contribution in [0.15, 0.2) is 53.6 Å². The third-order valence-electron chi connectivity index (χ3n) is 5.78. The third kappa shape index (κ3) is 3.89. The monoisotopic (exact) mass is 414 g/mol. The third-order valence-corrected chi connectivity index (χ3v) is 6.81. The van der Waals surface area contributed by atoms with Crippen molar-refractivity contribution in [3.8, 4) is 5.88 Å². The van der Waals surface area contributed by atoms with Gasteiger partial charge in [-0.15, -0.1) is 11.8 Å². The number of aromatic nitrogens is 2. The van der Waals surface area contributed by atoms with Crippen LogP contribution in [0.25, 0.3) is 21.8 Å². The molecule has 4 aromatic rings. The van der Waals surface area contributed by atoms with Crippen molar-refractivity contribution in [1.29, 1.82) is 0 Å². The van der Waals surface area contributed by atoms with Crippen molar-refractivity contribution in [3.63, 3.8) is 0 Å². The standard InChI is InChI=1S/C13H13NO.C13H13NS/c1-9-4-5-12-11(7-9)8-10-3-2-6-15-13(10)14-12;1-2-9-3-4-12-11(7-9)8-10-5-6-15-13(10)14-12/h4-5,7-8H,2-3,6H2,1H3;3-4,7-8H,2,5-6H2,1H3. The summed E-state index contributed by atoms with van der Waals surface area (Å²) in [6, 6.07) is 17.5. The SMILES string of the molecule is CCc1ccc2nc3c(cc2c1)CCS3.Cc1ccc2nc3c(cc2c1)CCCO3. The van der Waals surface area contributed by atoms with E-state index in [9.17, 15) is 0 Å². The minimum atomic E-state index is 0.803. The molecule has 0 fully saturated rings. The zero-order valence-electron chi connectivity index (χ0n) is 17.6. The summed E-state index contributed by atoms with van der Waals surface area (Å²) in [6.07, 6.45) is 4.47. The number of ether oxygens (including phenoxy) is 1. The molecule has 2 aromatic heterocycles. The number of nitrogens with zero attached hydrogens (tertiary/aromatic N) is 2. The van der Waals surface area contributed by atoms with Crippen molar-refractivity contribution in [2.45, 2.75) is 44.6 Å². The van der Waals surface area contributed by atoms with Gasteiger partial charge >= 0.3 is 0 Å². The molecule has 2 aliphatic rings. The lowest BCUT2D eigenvalue weighted by molar-refractivity contribution is 0.277. The fraction of sp³-hybridized carbons (Fsp3) is 0.308. The van der Waals surface area contributed by atoms with E-state index in [-0.39, 0.29) is 0 Å². The lowest BCUT2D eigenvalue weighted by Crippen LogP contribution is -2.09. The summed E-state index contributed by atoms with van der Waals surface area (Å²) in [6.45, 7) is 5.10. The molecule has 0 saturated carbocycles. The summed E-state index contributed by atoms with van der Waals surface area (Å²) in [5, 5.41) is 3.77. The van der Waals surface area contributed by atoms with Gasteiger partial charge in [-0.25, -0.2) is 9.97 Å². The molecule has 0 aliphatic carbocycles. The molecule has 0 N–H and O–H groups in total. The maximum absolute atomic E-state index is 5.55. The Bertz CT molecular complexity index is 1230. The molecular weight excluding hydrogens is 388 g/mol. The first-order chi connectivity index (χ1) is 14.7. The average Bonchev–Trinajstić information content (AvgIpc) is 3.23. The Morgan fingerprint density at radius 1 is 0.900 bits per heavy atom. The normalized spacial score (nSPS) is 14.6. The minimum Gasteiger partial charge on any atom is -0.477 e. The summed E-state index contributed by atoms with van der Waals surface area (Å²) in [5.74, 6) is 2.02. The highest BCUT2D eigenvalue weighted by Crippen LogP contribution is 2.32. The number of benzene rings is 2. The Hall–Kier alpha value is -2.59. The number of rotatable bonds is 1. The summed E-state index contributed by atoms with van der Waals surface area (Å²) in [5.41, 5.74) is 7.53. The molecule has 2 aliphatic heterocycles. The van der Waals surface area contributed by atoms with E-state index in [1.165, 1.54) is 50.2 Å². The topological polar surface area (TPSA) is 35.0 Å². The highest BCUT2D eigenvalue weighted by molar-refractivity contribution is 7.99. The number of aryl methyl sites for hydroxylation is 4. The number of thioether (sulfide) groups is 1. The van der Waals surface area contributed by atoms with Crippen molar-refractivity contribution in [2.24, 2.45) is 0 Å². The summed E-state index contributed by atoms with van der Waals surface area (Å²) in [4.78, 5) is 9.23. The molecular formula is C26H26N2OS. The Labute approximate surface area is 181 Å². The van der Waals surface area contributed by atoms with E-state index >= 15 is 0 Å². The molecule has 0 saturated heterocycles. The van der Waals surface area contributed by atoms with E-state index in [0.717, 1.165) is 42.8 Å². The Morgan fingerprint density at radius 3 is 2.60 bits per heavy atom. The van der Waals surface area contributed by atoms with Crippen LogP contribution < -0.4 is 4.74 Å². The molecule has 0 amide bonds. The van der Waals surface area contributed by atoms with Gasteiger partial charge in [0.2, 0.25) is 5.88 Å². The number of hydrogen-bond donors (Lipinski definition) is 0. The molecule has 0 unspecified atom stereocenters. The molecule has 4 heteroatoms. The van der Waals surface area contributed by atoms with Gasteiger partial charge < -0.3 is 4.74 Å². The maximum Gasteiger partial charge on any atom is 0.217 e. The first kappa shape index (κ1) is 19.4. The molecule has 6 rings (SSSR count). The van der Waals surface area contributed by atoms with Crippen molar-refractivity contribution in [3.05, 3.63) is 70.8 Å². The van der Waals surface area contributed by atoms with E-state index in [1.54, 1.807) is 0 Å². The molecule has 0 radical (unpaired) electrons. The molecule has 0 atom stereocenters. The Morgan fingerprint density at radius 2 is 1.70 bits per heavy atom. The molecule has 4 heterocycles. The highest BCUT2D eigenvalue weighted by Gasteiger charge is 2.14. The molecule has 3 nitrogen and oxygen atoms in total. The smallest absolute Gasteiger partial charge is 0.217 e. The molecule has 0 spiro atoms. The fourth-order valence-electron chi connectivity index (χ4n) is 4.09. The zero-order chi connectivity index (χ0) is 20.5. The van der Waals surface area contributed by atoms with E-state index < -0.39 is 0 Å². The van der Waals surface area contributed by atoms with Crippen molar-refractivity contribution >= 4 is 33.6 Å². The minimum absolute atomic E-state index is 0.803. The van der Waals surface area contributed by atoms with Crippen LogP contribution in [0.2, 0.25) is 0 Å². The summed E-state index contributed by atoms with van der Waals surface area (Å²) < 4.78 is 5.55. The Kier molecular flexibility index (Phi) is 5.34. The lowest BCUT2D eigenvalue weighted by Gasteiger charge is -2.16. The zero-order valence-corrected chi connectivity index (χ0v) is 18.4.